The molecule has 2 N–H and O–H groups in total. The van der Waals surface area contributed by atoms with Crippen molar-refractivity contribution in [2.75, 3.05) is 13.1 Å². The van der Waals surface area contributed by atoms with Crippen LogP contribution < -0.4 is 5.32 Å². The summed E-state index contributed by atoms with van der Waals surface area (Å²) in [6.07, 6.45) is 4.60. The van der Waals surface area contributed by atoms with Gasteiger partial charge in [-0.2, -0.15) is 0 Å². The molecule has 118 valence electrons. The van der Waals surface area contributed by atoms with Crippen LogP contribution in [0.4, 0.5) is 4.79 Å². The first-order valence-electron chi connectivity index (χ1n) is 7.46. The van der Waals surface area contributed by atoms with Crippen molar-refractivity contribution in [3.63, 3.8) is 0 Å². The minimum absolute atomic E-state index is 0.0384. The highest BCUT2D eigenvalue weighted by Gasteiger charge is 2.23. The minimum Gasteiger partial charge on any atom is -0.480 e. The van der Waals surface area contributed by atoms with Gasteiger partial charge in [-0.3, -0.25) is 4.79 Å². The van der Waals surface area contributed by atoms with Crippen molar-refractivity contribution in [2.24, 2.45) is 5.41 Å². The molecule has 0 aromatic rings. The number of nitrogens with one attached hydrogen (secondary N) is 1. The molecular formula is C15H30N2O3. The van der Waals surface area contributed by atoms with Crippen LogP contribution in [0.3, 0.4) is 0 Å². The van der Waals surface area contributed by atoms with Gasteiger partial charge in [0.15, 0.2) is 0 Å². The molecule has 0 unspecified atom stereocenters. The molecule has 5 nitrogen and oxygen atoms in total. The Morgan fingerprint density at radius 3 is 2.30 bits per heavy atom. The van der Waals surface area contributed by atoms with E-state index < -0.39 is 5.97 Å². The summed E-state index contributed by atoms with van der Waals surface area (Å²) in [7, 11) is 0. The van der Waals surface area contributed by atoms with Crippen molar-refractivity contribution >= 4 is 12.0 Å². The lowest BCUT2D eigenvalue weighted by atomic mass is 9.87. The summed E-state index contributed by atoms with van der Waals surface area (Å²) in [5.74, 6) is -0.990. The lowest BCUT2D eigenvalue weighted by Gasteiger charge is -2.29. The molecule has 0 heterocycles. The van der Waals surface area contributed by atoms with Crippen LogP contribution in [0.25, 0.3) is 0 Å². The first kappa shape index (κ1) is 18.7. The first-order chi connectivity index (χ1) is 9.19. The van der Waals surface area contributed by atoms with Crippen molar-refractivity contribution < 1.29 is 14.7 Å². The molecule has 0 aliphatic heterocycles. The van der Waals surface area contributed by atoms with E-state index in [0.29, 0.717) is 6.54 Å². The number of unbranched alkanes of at least 4 members (excludes halogenated alkanes) is 2. The average molecular weight is 286 g/mol. The van der Waals surface area contributed by atoms with Gasteiger partial charge in [0, 0.05) is 12.6 Å². The van der Waals surface area contributed by atoms with Crippen LogP contribution in [0.2, 0.25) is 0 Å². The van der Waals surface area contributed by atoms with Gasteiger partial charge in [-0.05, 0) is 25.7 Å². The molecule has 0 spiro atoms. The van der Waals surface area contributed by atoms with Crippen molar-refractivity contribution in [3.05, 3.63) is 0 Å². The Morgan fingerprint density at radius 2 is 1.85 bits per heavy atom. The number of carbonyl (C=O) groups is 2. The molecule has 0 rings (SSSR count). The van der Waals surface area contributed by atoms with Gasteiger partial charge in [0.1, 0.15) is 6.54 Å². The molecule has 0 fully saturated rings. The second-order valence-electron chi connectivity index (χ2n) is 6.40. The summed E-state index contributed by atoms with van der Waals surface area (Å²) in [6.45, 7) is 10.4. The standard InChI is InChI=1S/C15H30N2O3/c1-6-7-8-9-15(4,5)11-16-14(20)17(12(2)3)10-13(18)19/h12H,6-11H2,1-5H3,(H,16,20)(H,18,19). The highest BCUT2D eigenvalue weighted by Crippen LogP contribution is 2.22. The van der Waals surface area contributed by atoms with E-state index in [4.69, 9.17) is 5.11 Å². The van der Waals surface area contributed by atoms with Crippen LogP contribution in [0.15, 0.2) is 0 Å². The summed E-state index contributed by atoms with van der Waals surface area (Å²) in [5.41, 5.74) is 0.0384. The molecule has 5 heteroatoms. The summed E-state index contributed by atoms with van der Waals surface area (Å²) in [6, 6.07) is -0.430. The Balaban J connectivity index is 4.32. The number of aliphatic carboxylic acids is 1. The number of rotatable bonds is 9. The molecule has 0 aromatic carbocycles. The van der Waals surface area contributed by atoms with Crippen molar-refractivity contribution in [3.8, 4) is 0 Å². The third kappa shape index (κ3) is 8.02. The molecule has 20 heavy (non-hydrogen) atoms. The second-order valence-corrected chi connectivity index (χ2v) is 6.40. The predicted molar refractivity (Wildman–Crippen MR) is 80.8 cm³/mol. The minimum atomic E-state index is -0.990. The van der Waals surface area contributed by atoms with Crippen LogP contribution >= 0.6 is 0 Å². The van der Waals surface area contributed by atoms with Crippen molar-refractivity contribution in [1.29, 1.82) is 0 Å². The van der Waals surface area contributed by atoms with E-state index in [-0.39, 0.29) is 24.0 Å². The van der Waals surface area contributed by atoms with Crippen LogP contribution in [0, 0.1) is 5.41 Å². The Kier molecular flexibility index (Phi) is 8.26. The molecular weight excluding hydrogens is 256 g/mol. The molecule has 0 saturated heterocycles. The summed E-state index contributed by atoms with van der Waals surface area (Å²) in [5, 5.41) is 11.7. The number of hydrogen-bond acceptors (Lipinski definition) is 2. The zero-order chi connectivity index (χ0) is 15.8. The van der Waals surface area contributed by atoms with E-state index in [9.17, 15) is 9.59 Å². The number of carbonyl (C=O) groups excluding carboxylic acids is 1. The van der Waals surface area contributed by atoms with Crippen molar-refractivity contribution in [1.82, 2.24) is 10.2 Å². The molecule has 0 aromatic heterocycles. The van der Waals surface area contributed by atoms with Gasteiger partial charge >= 0.3 is 12.0 Å². The van der Waals surface area contributed by atoms with Gasteiger partial charge < -0.3 is 15.3 Å². The summed E-state index contributed by atoms with van der Waals surface area (Å²) >= 11 is 0. The third-order valence-electron chi connectivity index (χ3n) is 3.37. The number of hydrogen-bond donors (Lipinski definition) is 2. The Morgan fingerprint density at radius 1 is 1.25 bits per heavy atom. The Hall–Kier alpha value is -1.26. The van der Waals surface area contributed by atoms with E-state index in [0.717, 1.165) is 12.8 Å². The van der Waals surface area contributed by atoms with E-state index in [1.54, 1.807) is 0 Å². The smallest absolute Gasteiger partial charge is 0.323 e. The SMILES string of the molecule is CCCCCC(C)(C)CNC(=O)N(CC(=O)O)C(C)C. The largest absolute Gasteiger partial charge is 0.480 e. The lowest BCUT2D eigenvalue weighted by molar-refractivity contribution is -0.138. The predicted octanol–water partition coefficient (Wildman–Crippen LogP) is 3.10. The summed E-state index contributed by atoms with van der Waals surface area (Å²) < 4.78 is 0. The normalized spacial score (nSPS) is 11.5. The van der Waals surface area contributed by atoms with Gasteiger partial charge in [-0.15, -0.1) is 0 Å². The van der Waals surface area contributed by atoms with E-state index in [1.807, 2.05) is 13.8 Å². The molecule has 0 bridgehead atoms. The van der Waals surface area contributed by atoms with Crippen LogP contribution in [0.5, 0.6) is 0 Å². The topological polar surface area (TPSA) is 69.6 Å². The van der Waals surface area contributed by atoms with Gasteiger partial charge in [0.05, 0.1) is 0 Å². The fourth-order valence-electron chi connectivity index (χ4n) is 1.99. The van der Waals surface area contributed by atoms with Gasteiger partial charge in [-0.25, -0.2) is 4.79 Å². The summed E-state index contributed by atoms with van der Waals surface area (Å²) in [4.78, 5) is 24.2. The van der Waals surface area contributed by atoms with E-state index in [2.05, 4.69) is 26.1 Å². The van der Waals surface area contributed by atoms with Gasteiger partial charge in [-0.1, -0.05) is 40.0 Å². The maximum absolute atomic E-state index is 12.0. The molecule has 2 amide bonds. The quantitative estimate of drug-likeness (QED) is 0.640. The highest BCUT2D eigenvalue weighted by atomic mass is 16.4. The maximum Gasteiger partial charge on any atom is 0.323 e. The fraction of sp³-hybridized carbons (Fsp3) is 0.867. The zero-order valence-electron chi connectivity index (χ0n) is 13.5. The fourth-order valence-corrected chi connectivity index (χ4v) is 1.99. The molecule has 0 saturated carbocycles. The Labute approximate surface area is 122 Å². The molecule has 0 aliphatic rings. The number of carboxylic acids is 1. The lowest BCUT2D eigenvalue weighted by Crippen LogP contribution is -2.48. The third-order valence-corrected chi connectivity index (χ3v) is 3.37. The van der Waals surface area contributed by atoms with E-state index >= 15 is 0 Å². The first-order valence-corrected chi connectivity index (χ1v) is 7.46. The van der Waals surface area contributed by atoms with Crippen LogP contribution in [-0.2, 0) is 4.79 Å². The zero-order valence-corrected chi connectivity index (χ0v) is 13.5. The molecule has 0 aliphatic carbocycles. The maximum atomic E-state index is 12.0. The van der Waals surface area contributed by atoms with Crippen LogP contribution in [-0.4, -0.2) is 41.1 Å². The average Bonchev–Trinajstić information content (AvgIpc) is 2.33. The molecule has 0 atom stereocenters. The number of amides is 2. The van der Waals surface area contributed by atoms with Gasteiger partial charge in [0.2, 0.25) is 0 Å². The molecule has 0 radical (unpaired) electrons. The Bertz CT molecular complexity index is 314. The number of carboxylic acid groups (broad SMARTS) is 1. The number of nitrogens with zero attached hydrogens (tertiary/aromatic N) is 1. The van der Waals surface area contributed by atoms with E-state index in [1.165, 1.54) is 17.7 Å². The highest BCUT2D eigenvalue weighted by molar-refractivity contribution is 5.80. The second kappa shape index (κ2) is 8.82. The van der Waals surface area contributed by atoms with Crippen LogP contribution in [0.1, 0.15) is 60.3 Å². The van der Waals surface area contributed by atoms with Gasteiger partial charge in [0.25, 0.3) is 0 Å². The number of urea groups is 1. The van der Waals surface area contributed by atoms with Crippen molar-refractivity contribution in [2.45, 2.75) is 66.3 Å². The monoisotopic (exact) mass is 286 g/mol.